The third-order valence-corrected chi connectivity index (χ3v) is 3.78. The van der Waals surface area contributed by atoms with Crippen molar-refractivity contribution >= 4 is 69.6 Å². The van der Waals surface area contributed by atoms with Gasteiger partial charge in [-0.3, -0.25) is 9.59 Å². The van der Waals surface area contributed by atoms with Crippen molar-refractivity contribution in [2.75, 3.05) is 0 Å². The summed E-state index contributed by atoms with van der Waals surface area (Å²) in [6, 6.07) is 5.99. The average Bonchev–Trinajstić information content (AvgIpc) is 2.85. The molecule has 0 amide bonds. The molecule has 3 nitrogen and oxygen atoms in total. The highest BCUT2D eigenvalue weighted by molar-refractivity contribution is 6.77. The van der Waals surface area contributed by atoms with Gasteiger partial charge in [0.2, 0.25) is 5.78 Å². The van der Waals surface area contributed by atoms with Gasteiger partial charge in [-0.05, 0) is 18.2 Å². The third kappa shape index (κ3) is 3.55. The number of hydrogen-bond acceptors (Lipinski definition) is 2. The number of hydrogen-bond donors (Lipinski definition) is 1. The maximum absolute atomic E-state index is 12.4. The van der Waals surface area contributed by atoms with E-state index in [9.17, 15) is 9.59 Å². The highest BCUT2D eigenvalue weighted by Crippen LogP contribution is 2.31. The molecule has 110 valence electrons. The van der Waals surface area contributed by atoms with Crippen LogP contribution in [0.3, 0.4) is 0 Å². The van der Waals surface area contributed by atoms with Crippen LogP contribution >= 0.6 is 58.0 Å². The summed E-state index contributed by atoms with van der Waals surface area (Å²) in [6.45, 7) is 0. The van der Waals surface area contributed by atoms with Gasteiger partial charge < -0.3 is 4.98 Å². The standard InChI is InChI=1S/C13H6Cl5NO2/c14-7-2-1-3-8(15)10(7)11(20)6-4-9(19-5-6)12(21)13(16,17)18/h1-5,19H. The minimum absolute atomic E-state index is 0.00141. The largest absolute Gasteiger partial charge is 0.358 e. The molecule has 21 heavy (non-hydrogen) atoms. The third-order valence-electron chi connectivity index (χ3n) is 2.64. The van der Waals surface area contributed by atoms with E-state index in [2.05, 4.69) is 4.98 Å². The van der Waals surface area contributed by atoms with Crippen LogP contribution < -0.4 is 0 Å². The van der Waals surface area contributed by atoms with Crippen molar-refractivity contribution < 1.29 is 9.59 Å². The minimum Gasteiger partial charge on any atom is -0.358 e. The van der Waals surface area contributed by atoms with Crippen LogP contribution in [-0.4, -0.2) is 20.3 Å². The van der Waals surface area contributed by atoms with Gasteiger partial charge in [0.25, 0.3) is 3.79 Å². The van der Waals surface area contributed by atoms with Crippen molar-refractivity contribution in [3.05, 3.63) is 57.3 Å². The predicted molar refractivity (Wildman–Crippen MR) is 85.3 cm³/mol. The SMILES string of the molecule is O=C(c1c[nH]c(C(=O)C(Cl)(Cl)Cl)c1)c1c(Cl)cccc1Cl. The van der Waals surface area contributed by atoms with Crippen molar-refractivity contribution in [2.24, 2.45) is 0 Å². The van der Waals surface area contributed by atoms with Crippen molar-refractivity contribution in [1.29, 1.82) is 0 Å². The number of Topliss-reactive ketones (excluding diaryl/α,β-unsaturated/α-hetero) is 1. The normalized spacial score (nSPS) is 11.5. The molecule has 0 unspecified atom stereocenters. The van der Waals surface area contributed by atoms with Gasteiger partial charge in [0.05, 0.1) is 21.3 Å². The molecule has 0 saturated carbocycles. The molecule has 2 rings (SSSR count). The zero-order valence-electron chi connectivity index (χ0n) is 10.1. The predicted octanol–water partition coefficient (Wildman–Crippen LogP) is 5.11. The van der Waals surface area contributed by atoms with Gasteiger partial charge in [-0.1, -0.05) is 64.1 Å². The first-order valence-electron chi connectivity index (χ1n) is 5.50. The lowest BCUT2D eigenvalue weighted by Gasteiger charge is -2.06. The highest BCUT2D eigenvalue weighted by Gasteiger charge is 2.33. The van der Waals surface area contributed by atoms with Crippen LogP contribution in [0.5, 0.6) is 0 Å². The fraction of sp³-hybridized carbons (Fsp3) is 0.0769. The fourth-order valence-corrected chi connectivity index (χ4v) is 2.54. The minimum atomic E-state index is -2.10. The molecule has 0 atom stereocenters. The molecule has 1 aromatic heterocycles. The zero-order valence-corrected chi connectivity index (χ0v) is 13.9. The van der Waals surface area contributed by atoms with Crippen LogP contribution in [0.25, 0.3) is 0 Å². The van der Waals surface area contributed by atoms with Crippen LogP contribution in [-0.2, 0) is 0 Å². The van der Waals surface area contributed by atoms with Gasteiger partial charge in [-0.15, -0.1) is 0 Å². The topological polar surface area (TPSA) is 49.9 Å². The Morgan fingerprint density at radius 3 is 2.14 bits per heavy atom. The van der Waals surface area contributed by atoms with Crippen molar-refractivity contribution in [2.45, 2.75) is 3.79 Å². The molecule has 0 fully saturated rings. The van der Waals surface area contributed by atoms with Crippen molar-refractivity contribution in [1.82, 2.24) is 4.98 Å². The van der Waals surface area contributed by atoms with Crippen LogP contribution in [0.1, 0.15) is 26.4 Å². The molecule has 8 heteroatoms. The van der Waals surface area contributed by atoms with Gasteiger partial charge in [-0.25, -0.2) is 0 Å². The summed E-state index contributed by atoms with van der Waals surface area (Å²) in [7, 11) is 0. The molecule has 1 N–H and O–H groups in total. The Labute approximate surface area is 145 Å². The van der Waals surface area contributed by atoms with Gasteiger partial charge >= 0.3 is 0 Å². The van der Waals surface area contributed by atoms with Crippen LogP contribution in [0.4, 0.5) is 0 Å². The Hall–Kier alpha value is -0.710. The Kier molecular flexibility index (Phi) is 4.91. The summed E-state index contributed by atoms with van der Waals surface area (Å²) >= 11 is 28.5. The van der Waals surface area contributed by atoms with E-state index in [1.165, 1.54) is 12.3 Å². The molecule has 0 spiro atoms. The maximum atomic E-state index is 12.4. The monoisotopic (exact) mass is 383 g/mol. The van der Waals surface area contributed by atoms with E-state index in [0.29, 0.717) is 0 Å². The van der Waals surface area contributed by atoms with E-state index in [1.54, 1.807) is 18.2 Å². The fourth-order valence-electron chi connectivity index (χ4n) is 1.67. The Bertz CT molecular complexity index is 697. The summed E-state index contributed by atoms with van der Waals surface area (Å²) in [5, 5.41) is 0.422. The number of benzene rings is 1. The van der Waals surface area contributed by atoms with Gasteiger partial charge in [0.15, 0.2) is 5.78 Å². The molecule has 0 aliphatic heterocycles. The Balaban J connectivity index is 2.39. The van der Waals surface area contributed by atoms with E-state index >= 15 is 0 Å². The Morgan fingerprint density at radius 1 is 1.05 bits per heavy atom. The number of ketones is 2. The van der Waals surface area contributed by atoms with Crippen LogP contribution in [0.15, 0.2) is 30.5 Å². The number of aromatic nitrogens is 1. The first-order valence-corrected chi connectivity index (χ1v) is 7.39. The Morgan fingerprint density at radius 2 is 1.62 bits per heavy atom. The van der Waals surface area contributed by atoms with Gasteiger partial charge in [0.1, 0.15) is 0 Å². The van der Waals surface area contributed by atoms with E-state index < -0.39 is 15.4 Å². The molecule has 2 aromatic rings. The number of halogens is 5. The molecule has 0 aliphatic rings. The van der Waals surface area contributed by atoms with Gasteiger partial charge in [-0.2, -0.15) is 0 Å². The van der Waals surface area contributed by atoms with Crippen molar-refractivity contribution in [3.63, 3.8) is 0 Å². The number of alkyl halides is 3. The van der Waals surface area contributed by atoms with Gasteiger partial charge in [0, 0.05) is 11.8 Å². The lowest BCUT2D eigenvalue weighted by atomic mass is 10.1. The number of nitrogens with one attached hydrogen (secondary N) is 1. The summed E-state index contributed by atoms with van der Waals surface area (Å²) in [5.41, 5.74) is 0.330. The second-order valence-electron chi connectivity index (χ2n) is 4.05. The zero-order chi connectivity index (χ0) is 15.8. The first kappa shape index (κ1) is 16.7. The molecule has 0 bridgehead atoms. The molecule has 1 heterocycles. The smallest absolute Gasteiger partial charge is 0.254 e. The molecular weight excluding hydrogens is 379 g/mol. The van der Waals surface area contributed by atoms with E-state index in [0.717, 1.165) is 0 Å². The summed E-state index contributed by atoms with van der Waals surface area (Å²) in [5.74, 6) is -1.21. The lowest BCUT2D eigenvalue weighted by Crippen LogP contribution is -2.19. The number of rotatable bonds is 3. The van der Waals surface area contributed by atoms with E-state index in [1.807, 2.05) is 0 Å². The molecule has 1 aromatic carbocycles. The number of carbonyl (C=O) groups is 2. The van der Waals surface area contributed by atoms with Crippen molar-refractivity contribution in [3.8, 4) is 0 Å². The molecule has 0 saturated heterocycles. The van der Waals surface area contributed by atoms with E-state index in [-0.39, 0.29) is 26.9 Å². The highest BCUT2D eigenvalue weighted by atomic mass is 35.6. The number of aromatic amines is 1. The molecule has 0 radical (unpaired) electrons. The number of H-pyrrole nitrogens is 1. The summed E-state index contributed by atoms with van der Waals surface area (Å²) in [6.07, 6.45) is 1.33. The molecular formula is C13H6Cl5NO2. The quantitative estimate of drug-likeness (QED) is 0.590. The summed E-state index contributed by atoms with van der Waals surface area (Å²) < 4.78 is -2.10. The average molecular weight is 385 g/mol. The maximum Gasteiger partial charge on any atom is 0.254 e. The molecule has 0 aliphatic carbocycles. The van der Waals surface area contributed by atoms with Crippen LogP contribution in [0, 0.1) is 0 Å². The first-order chi connectivity index (χ1) is 9.71. The second-order valence-corrected chi connectivity index (χ2v) is 7.15. The number of carbonyl (C=O) groups excluding carboxylic acids is 2. The van der Waals surface area contributed by atoms with Crippen LogP contribution in [0.2, 0.25) is 10.0 Å². The lowest BCUT2D eigenvalue weighted by molar-refractivity contribution is 0.0992. The van der Waals surface area contributed by atoms with E-state index in [4.69, 9.17) is 58.0 Å². The summed E-state index contributed by atoms with van der Waals surface area (Å²) in [4.78, 5) is 26.7. The second kappa shape index (κ2) is 6.19.